The molecule has 1 saturated carbocycles. The Morgan fingerprint density at radius 3 is 2.47 bits per heavy atom. The van der Waals surface area contributed by atoms with Crippen molar-refractivity contribution in [2.45, 2.75) is 43.0 Å². The van der Waals surface area contributed by atoms with Gasteiger partial charge in [-0.15, -0.1) is 10.8 Å². The van der Waals surface area contributed by atoms with Crippen LogP contribution in [0.15, 0.2) is 35.2 Å². The van der Waals surface area contributed by atoms with E-state index in [9.17, 15) is 23.4 Å². The molecule has 0 spiro atoms. The highest BCUT2D eigenvalue weighted by Gasteiger charge is 2.40. The summed E-state index contributed by atoms with van der Waals surface area (Å²) in [4.78, 5) is 13.7. The van der Waals surface area contributed by atoms with Crippen LogP contribution in [0.25, 0.3) is 11.1 Å². The zero-order valence-corrected chi connectivity index (χ0v) is 19.7. The van der Waals surface area contributed by atoms with Crippen molar-refractivity contribution in [3.63, 3.8) is 0 Å². The van der Waals surface area contributed by atoms with Gasteiger partial charge in [0.15, 0.2) is 0 Å². The number of halogens is 2. The lowest BCUT2D eigenvalue weighted by molar-refractivity contribution is 0.0692. The minimum Gasteiger partial charge on any atom is -0.478 e. The Morgan fingerprint density at radius 1 is 1.12 bits per heavy atom. The van der Waals surface area contributed by atoms with Crippen molar-refractivity contribution in [1.82, 2.24) is 4.31 Å². The predicted molar refractivity (Wildman–Crippen MR) is 126 cm³/mol. The average molecular weight is 483 g/mol. The number of rotatable bonds is 3. The third-order valence-corrected chi connectivity index (χ3v) is 9.09. The highest BCUT2D eigenvalue weighted by atomic mass is 35.5. The first kappa shape index (κ1) is 23.3. The lowest BCUT2D eigenvalue weighted by Gasteiger charge is -2.46. The monoisotopic (exact) mass is 482 g/mol. The fraction of sp³-hybridized carbons (Fsp3) is 0.435. The maximum absolute atomic E-state index is 13.9. The highest BCUT2D eigenvalue weighted by molar-refractivity contribution is 8.22. The maximum Gasteiger partial charge on any atom is 0.338 e. The molecule has 0 bridgehead atoms. The Kier molecular flexibility index (Phi) is 6.44. The van der Waals surface area contributed by atoms with Crippen LogP contribution < -0.4 is 4.90 Å². The summed E-state index contributed by atoms with van der Waals surface area (Å²) in [6.45, 7) is 0.638. The van der Waals surface area contributed by atoms with Gasteiger partial charge in [-0.1, -0.05) is 36.9 Å². The standard InChI is InChI=1S/C23H28ClFN2O4S/c1-26-13-21(14-6-4-3-5-7-14)27(2)32(30,31)22-11-16(18(24)12-20(22)26)15-8-9-19(25)17(10-15)23(28)29/h8-12,14,21,30-31H,3-7,13H2,1-2H3,(H,28,29). The van der Waals surface area contributed by atoms with Gasteiger partial charge in [0.2, 0.25) is 0 Å². The van der Waals surface area contributed by atoms with E-state index in [1.807, 2.05) is 11.9 Å². The van der Waals surface area contributed by atoms with Gasteiger partial charge >= 0.3 is 5.97 Å². The molecule has 9 heteroatoms. The second kappa shape index (κ2) is 8.83. The summed E-state index contributed by atoms with van der Waals surface area (Å²) < 4.78 is 38.4. The molecule has 0 radical (unpaired) electrons. The quantitative estimate of drug-likeness (QED) is 0.483. The Bertz CT molecular complexity index is 1040. The van der Waals surface area contributed by atoms with E-state index in [0.29, 0.717) is 39.2 Å². The number of hydrogen-bond acceptors (Lipinski definition) is 5. The van der Waals surface area contributed by atoms with E-state index < -0.39 is 28.1 Å². The molecule has 3 N–H and O–H groups in total. The molecule has 2 aromatic carbocycles. The average Bonchev–Trinajstić information content (AvgIpc) is 2.83. The van der Waals surface area contributed by atoms with Crippen molar-refractivity contribution in [3.05, 3.63) is 46.7 Å². The zero-order chi connectivity index (χ0) is 23.2. The molecule has 2 aliphatic rings. The molecule has 0 amide bonds. The molecule has 1 heterocycles. The third-order valence-electron chi connectivity index (χ3n) is 6.79. The normalized spacial score (nSPS) is 22.8. The highest BCUT2D eigenvalue weighted by Crippen LogP contribution is 2.59. The van der Waals surface area contributed by atoms with Crippen molar-refractivity contribution in [3.8, 4) is 11.1 Å². The smallest absolute Gasteiger partial charge is 0.338 e. The van der Waals surface area contributed by atoms with E-state index in [1.165, 1.54) is 18.6 Å². The van der Waals surface area contributed by atoms with E-state index >= 15 is 0 Å². The molecular weight excluding hydrogens is 455 g/mol. The van der Waals surface area contributed by atoms with Crippen molar-refractivity contribution in [1.29, 1.82) is 0 Å². The Morgan fingerprint density at radius 2 is 1.81 bits per heavy atom. The van der Waals surface area contributed by atoms with Crippen LogP contribution in [0.3, 0.4) is 0 Å². The summed E-state index contributed by atoms with van der Waals surface area (Å²) in [5.74, 6) is -1.85. The number of carbonyl (C=O) groups is 1. The first-order valence-corrected chi connectivity index (χ1v) is 12.6. The number of fused-ring (bicyclic) bond motifs is 1. The number of aromatic carboxylic acids is 1. The topological polar surface area (TPSA) is 84.2 Å². The number of carboxylic acid groups (broad SMARTS) is 1. The van der Waals surface area contributed by atoms with Gasteiger partial charge in [-0.05, 0) is 48.6 Å². The molecule has 0 saturated heterocycles. The maximum atomic E-state index is 13.9. The molecule has 1 atom stereocenters. The van der Waals surface area contributed by atoms with Gasteiger partial charge in [0.1, 0.15) is 5.82 Å². The van der Waals surface area contributed by atoms with Gasteiger partial charge in [0, 0.05) is 32.2 Å². The second-order valence-electron chi connectivity index (χ2n) is 8.71. The Labute approximate surface area is 194 Å². The van der Waals surface area contributed by atoms with E-state index in [0.717, 1.165) is 31.7 Å². The third kappa shape index (κ3) is 4.10. The van der Waals surface area contributed by atoms with E-state index in [-0.39, 0.29) is 6.04 Å². The first-order chi connectivity index (χ1) is 15.1. The molecule has 174 valence electrons. The van der Waals surface area contributed by atoms with E-state index in [1.54, 1.807) is 23.5 Å². The summed E-state index contributed by atoms with van der Waals surface area (Å²) >= 11 is 6.57. The van der Waals surface area contributed by atoms with Gasteiger partial charge in [-0.3, -0.25) is 9.11 Å². The van der Waals surface area contributed by atoms with Gasteiger partial charge < -0.3 is 10.0 Å². The largest absolute Gasteiger partial charge is 0.478 e. The van der Waals surface area contributed by atoms with Crippen LogP contribution in [0.4, 0.5) is 10.1 Å². The van der Waals surface area contributed by atoms with Crippen LogP contribution >= 0.6 is 22.4 Å². The van der Waals surface area contributed by atoms with Crippen LogP contribution in [0.2, 0.25) is 5.02 Å². The zero-order valence-electron chi connectivity index (χ0n) is 18.1. The number of carboxylic acids is 1. The van der Waals surface area contributed by atoms with Crippen molar-refractivity contribution in [2.24, 2.45) is 5.92 Å². The molecule has 1 fully saturated rings. The van der Waals surface area contributed by atoms with E-state index in [2.05, 4.69) is 0 Å². The summed E-state index contributed by atoms with van der Waals surface area (Å²) in [5, 5.41) is 9.61. The number of hydrogen-bond donors (Lipinski definition) is 3. The first-order valence-electron chi connectivity index (χ1n) is 10.7. The van der Waals surface area contributed by atoms with Crippen LogP contribution in [0.1, 0.15) is 42.5 Å². The minimum absolute atomic E-state index is 0.0237. The fourth-order valence-corrected chi connectivity index (χ4v) is 6.91. The van der Waals surface area contributed by atoms with Crippen molar-refractivity contribution in [2.75, 3.05) is 25.5 Å². The van der Waals surface area contributed by atoms with Crippen LogP contribution in [-0.4, -0.2) is 51.2 Å². The number of nitrogens with zero attached hydrogens (tertiary/aromatic N) is 2. The molecule has 1 unspecified atom stereocenters. The molecule has 4 rings (SSSR count). The number of likely N-dealkylation sites (N-methyl/N-ethyl adjacent to an activating group) is 2. The molecule has 1 aliphatic carbocycles. The molecule has 0 aromatic heterocycles. The number of anilines is 1. The summed E-state index contributed by atoms with van der Waals surface area (Å²) in [5.41, 5.74) is 0.979. The lowest BCUT2D eigenvalue weighted by atomic mass is 9.83. The minimum atomic E-state index is -3.33. The van der Waals surface area contributed by atoms with Gasteiger partial charge in [0.25, 0.3) is 0 Å². The van der Waals surface area contributed by atoms with Crippen LogP contribution in [0, 0.1) is 11.7 Å². The fourth-order valence-electron chi connectivity index (χ4n) is 4.94. The Hall–Kier alpha value is -1.84. The molecule has 1 aliphatic heterocycles. The Balaban J connectivity index is 1.81. The van der Waals surface area contributed by atoms with Gasteiger partial charge in [-0.25, -0.2) is 9.18 Å². The lowest BCUT2D eigenvalue weighted by Crippen LogP contribution is -2.45. The van der Waals surface area contributed by atoms with Crippen molar-refractivity contribution >= 4 is 34.0 Å². The molecule has 2 aromatic rings. The van der Waals surface area contributed by atoms with Gasteiger partial charge in [-0.2, -0.15) is 4.31 Å². The summed E-state index contributed by atoms with van der Waals surface area (Å²) in [7, 11) is 0.345. The van der Waals surface area contributed by atoms with Gasteiger partial charge in [0.05, 0.1) is 21.2 Å². The number of benzene rings is 2. The van der Waals surface area contributed by atoms with Crippen LogP contribution in [-0.2, 0) is 0 Å². The predicted octanol–water partition coefficient (Wildman–Crippen LogP) is 6.20. The van der Waals surface area contributed by atoms with E-state index in [4.69, 9.17) is 11.6 Å². The van der Waals surface area contributed by atoms with Crippen molar-refractivity contribution < 1.29 is 23.4 Å². The molecular formula is C23H28ClFN2O4S. The second-order valence-corrected chi connectivity index (χ2v) is 11.2. The van der Waals surface area contributed by atoms with Crippen LogP contribution in [0.5, 0.6) is 0 Å². The molecule has 32 heavy (non-hydrogen) atoms. The molecule has 6 nitrogen and oxygen atoms in total. The summed E-state index contributed by atoms with van der Waals surface area (Å²) in [6, 6.07) is 6.99. The summed E-state index contributed by atoms with van der Waals surface area (Å²) in [6.07, 6.45) is 5.64. The SMILES string of the molecule is CN1CC(C2CCCCC2)N(C)S(O)(O)c2cc(-c3ccc(F)c(C(=O)O)c3)c(Cl)cc21.